The number of carbonyl (C=O) groups is 2. The largest absolute Gasteiger partial charge is 0.469 e. The second-order valence-corrected chi connectivity index (χ2v) is 13.5. The second-order valence-electron chi connectivity index (χ2n) is 12.3. The molecule has 0 aliphatic heterocycles. The Morgan fingerprint density at radius 3 is 1.61 bits per heavy atom. The third-order valence-corrected chi connectivity index (χ3v) is 8.05. The van der Waals surface area contributed by atoms with Gasteiger partial charge in [-0.3, -0.25) is 14.1 Å². The number of hydrogen-bond donors (Lipinski definition) is 3. The van der Waals surface area contributed by atoms with E-state index in [1.54, 1.807) is 0 Å². The number of hydrogen-bond acceptors (Lipinski definition) is 7. The Bertz CT molecular complexity index is 1110. The fourth-order valence-corrected chi connectivity index (χ4v) is 4.95. The van der Waals surface area contributed by atoms with Gasteiger partial charge in [0, 0.05) is 12.8 Å². The minimum absolute atomic E-state index is 0.114. The summed E-state index contributed by atoms with van der Waals surface area (Å²) in [6.45, 7) is 3.21. The molecule has 0 aromatic rings. The molecule has 0 saturated carbocycles. The first-order chi connectivity index (χ1) is 24.7. The van der Waals surface area contributed by atoms with Crippen molar-refractivity contribution in [3.05, 3.63) is 85.1 Å². The molecule has 0 aromatic heterocycles. The van der Waals surface area contributed by atoms with Gasteiger partial charge in [-0.1, -0.05) is 118 Å². The molecule has 0 radical (unpaired) electrons. The third-order valence-electron chi connectivity index (χ3n) is 7.56. The van der Waals surface area contributed by atoms with Crippen molar-refractivity contribution in [2.75, 3.05) is 13.2 Å². The number of ether oxygens (including phenoxy) is 2. The molecule has 3 N–H and O–H groups in total. The summed E-state index contributed by atoms with van der Waals surface area (Å²) in [5.74, 6) is -0.999. The molecule has 0 heterocycles. The van der Waals surface area contributed by atoms with Crippen molar-refractivity contribution < 1.29 is 43.0 Å². The summed E-state index contributed by atoms with van der Waals surface area (Å²) in [6.07, 6.45) is 43.9. The molecular weight excluding hydrogens is 667 g/mol. The van der Waals surface area contributed by atoms with Crippen LogP contribution >= 0.6 is 7.82 Å². The highest BCUT2D eigenvalue weighted by atomic mass is 31.2. The number of carbonyl (C=O) groups excluding carboxylic acids is 2. The first kappa shape index (κ1) is 48.2. The number of aliphatic hydroxyl groups is 1. The van der Waals surface area contributed by atoms with E-state index >= 15 is 0 Å². The molecule has 0 aromatic carbocycles. The van der Waals surface area contributed by atoms with E-state index in [1.165, 1.54) is 0 Å². The van der Waals surface area contributed by atoms with Crippen LogP contribution in [-0.2, 0) is 28.2 Å². The molecule has 290 valence electrons. The lowest BCUT2D eigenvalue weighted by atomic mass is 10.1. The van der Waals surface area contributed by atoms with E-state index in [0.29, 0.717) is 19.3 Å². The lowest BCUT2D eigenvalue weighted by Gasteiger charge is -2.18. The first-order valence-corrected chi connectivity index (χ1v) is 20.5. The second kappa shape index (κ2) is 35.6. The monoisotopic (exact) mass is 734 g/mol. The number of unbranched alkanes of at least 4 members (excludes halogenated alkanes) is 6. The number of allylic oxidation sites excluding steroid dienone is 14. The van der Waals surface area contributed by atoms with E-state index in [4.69, 9.17) is 19.3 Å². The molecule has 10 heteroatoms. The highest BCUT2D eigenvalue weighted by Crippen LogP contribution is 2.35. The minimum Gasteiger partial charge on any atom is -0.462 e. The maximum atomic E-state index is 12.3. The van der Waals surface area contributed by atoms with E-state index in [-0.39, 0.29) is 25.6 Å². The highest BCUT2D eigenvalue weighted by Gasteiger charge is 2.22. The van der Waals surface area contributed by atoms with Crippen LogP contribution in [0.1, 0.15) is 136 Å². The van der Waals surface area contributed by atoms with Gasteiger partial charge < -0.3 is 24.4 Å². The molecule has 0 rings (SSSR count). The summed E-state index contributed by atoms with van der Waals surface area (Å²) in [4.78, 5) is 42.7. The average molecular weight is 735 g/mol. The fourth-order valence-electron chi connectivity index (χ4n) is 4.59. The molecule has 0 unspecified atom stereocenters. The predicted molar refractivity (Wildman–Crippen MR) is 208 cm³/mol. The molecule has 0 fully saturated rings. The van der Waals surface area contributed by atoms with E-state index < -0.39 is 32.5 Å². The van der Waals surface area contributed by atoms with Gasteiger partial charge in [-0.2, -0.15) is 0 Å². The zero-order valence-corrected chi connectivity index (χ0v) is 32.2. The van der Waals surface area contributed by atoms with E-state index in [2.05, 4.69) is 84.4 Å². The van der Waals surface area contributed by atoms with Gasteiger partial charge in [-0.05, 0) is 89.9 Å². The van der Waals surface area contributed by atoms with Crippen LogP contribution in [0.25, 0.3) is 0 Å². The van der Waals surface area contributed by atoms with Gasteiger partial charge in [0.15, 0.2) is 6.10 Å². The van der Waals surface area contributed by atoms with Crippen LogP contribution in [0.5, 0.6) is 0 Å². The van der Waals surface area contributed by atoms with Crippen molar-refractivity contribution >= 4 is 19.8 Å². The number of esters is 2. The normalized spacial score (nSPS) is 14.1. The molecule has 0 amide bonds. The summed E-state index contributed by atoms with van der Waals surface area (Å²) in [5, 5.41) is 9.53. The molecule has 0 aliphatic carbocycles. The lowest BCUT2D eigenvalue weighted by molar-refractivity contribution is -0.161. The fraction of sp³-hybridized carbons (Fsp3) is 0.610. The molecule has 0 saturated heterocycles. The van der Waals surface area contributed by atoms with Crippen LogP contribution in [0.4, 0.5) is 0 Å². The van der Waals surface area contributed by atoms with Gasteiger partial charge in [0.05, 0.1) is 12.7 Å². The van der Waals surface area contributed by atoms with Crippen LogP contribution < -0.4 is 0 Å². The van der Waals surface area contributed by atoms with E-state index in [1.807, 2.05) is 19.1 Å². The van der Waals surface area contributed by atoms with Crippen LogP contribution in [-0.4, -0.2) is 52.3 Å². The maximum absolute atomic E-state index is 12.3. The maximum Gasteiger partial charge on any atom is 0.469 e. The molecule has 0 spiro atoms. The standard InChI is InChI=1S/C41H67O9P/c1-3-5-6-7-8-9-10-11-12-16-19-22-25-28-31-34-40(43)48-36-39(37-49-51(45,46)47)50-41(44)35-32-29-26-23-20-17-14-13-15-18-21-24-27-30-33-38(42)4-2/h5-6,8-9,11-12,14-15,17-18,23-24,26-27,38-39,42H,3-4,7,10,13,16,19-22,25,28-37H2,1-2H3,(H2,45,46,47)/b6-5-,9-8-,12-11-,17-14-,18-15-,26-23-,27-24-/t38-,39-/m1/s1. The van der Waals surface area contributed by atoms with Crippen molar-refractivity contribution in [2.45, 2.75) is 148 Å². The molecule has 2 atom stereocenters. The highest BCUT2D eigenvalue weighted by molar-refractivity contribution is 7.46. The van der Waals surface area contributed by atoms with Crippen LogP contribution in [0.3, 0.4) is 0 Å². The first-order valence-electron chi connectivity index (χ1n) is 19.0. The average Bonchev–Trinajstić information content (AvgIpc) is 3.10. The summed E-state index contributed by atoms with van der Waals surface area (Å²) >= 11 is 0. The van der Waals surface area contributed by atoms with Crippen LogP contribution in [0.15, 0.2) is 85.1 Å². The molecular formula is C41H67O9P. The molecule has 9 nitrogen and oxygen atoms in total. The van der Waals surface area contributed by atoms with E-state index in [9.17, 15) is 19.3 Å². The summed E-state index contributed by atoms with van der Waals surface area (Å²) in [6, 6.07) is 0. The van der Waals surface area contributed by atoms with Gasteiger partial charge in [-0.25, -0.2) is 4.57 Å². The quantitative estimate of drug-likeness (QED) is 0.0260. The van der Waals surface area contributed by atoms with Gasteiger partial charge in [0.25, 0.3) is 0 Å². The summed E-state index contributed by atoms with van der Waals surface area (Å²) in [5.41, 5.74) is 0. The number of rotatable bonds is 33. The zero-order valence-electron chi connectivity index (χ0n) is 31.3. The van der Waals surface area contributed by atoms with Crippen molar-refractivity contribution in [3.8, 4) is 0 Å². The Morgan fingerprint density at radius 1 is 0.588 bits per heavy atom. The number of phosphoric ester groups is 1. The Labute approximate surface area is 308 Å². The summed E-state index contributed by atoms with van der Waals surface area (Å²) in [7, 11) is -4.78. The van der Waals surface area contributed by atoms with E-state index in [0.717, 1.165) is 89.9 Å². The van der Waals surface area contributed by atoms with Crippen LogP contribution in [0, 0.1) is 0 Å². The number of aliphatic hydroxyl groups excluding tert-OH is 1. The third kappa shape index (κ3) is 38.3. The van der Waals surface area contributed by atoms with Crippen molar-refractivity contribution in [2.24, 2.45) is 0 Å². The van der Waals surface area contributed by atoms with Crippen molar-refractivity contribution in [1.82, 2.24) is 0 Å². The SMILES string of the molecule is CC/C=C\C/C=C\C/C=C\CCCCCCCC(=O)OC[C@H](COP(=O)(O)O)OC(=O)CCC/C=C\C/C=C\C/C=C\C/C=C\CC[C@H](O)CC. The zero-order chi connectivity index (χ0) is 37.7. The van der Waals surface area contributed by atoms with Gasteiger partial charge in [-0.15, -0.1) is 0 Å². The van der Waals surface area contributed by atoms with Gasteiger partial charge in [0.2, 0.25) is 0 Å². The van der Waals surface area contributed by atoms with Crippen LogP contribution in [0.2, 0.25) is 0 Å². The van der Waals surface area contributed by atoms with Crippen molar-refractivity contribution in [1.29, 1.82) is 0 Å². The summed E-state index contributed by atoms with van der Waals surface area (Å²) < 4.78 is 26.2. The van der Waals surface area contributed by atoms with Crippen molar-refractivity contribution in [3.63, 3.8) is 0 Å². The Hall–Kier alpha value is -2.81. The molecule has 51 heavy (non-hydrogen) atoms. The lowest BCUT2D eigenvalue weighted by Crippen LogP contribution is -2.29. The smallest absolute Gasteiger partial charge is 0.462 e. The molecule has 0 bridgehead atoms. The predicted octanol–water partition coefficient (Wildman–Crippen LogP) is 10.3. The topological polar surface area (TPSA) is 140 Å². The Balaban J connectivity index is 4.13. The Kier molecular flexibility index (Phi) is 33.6. The Morgan fingerprint density at radius 2 is 1.06 bits per heavy atom. The molecule has 0 aliphatic rings. The van der Waals surface area contributed by atoms with Gasteiger partial charge in [0.1, 0.15) is 6.61 Å². The van der Waals surface area contributed by atoms with Gasteiger partial charge >= 0.3 is 19.8 Å². The minimum atomic E-state index is -4.78. The number of phosphoric acid groups is 1.